The van der Waals surface area contributed by atoms with E-state index in [1.807, 2.05) is 24.3 Å². The van der Waals surface area contributed by atoms with E-state index in [-0.39, 0.29) is 6.61 Å². The third-order valence-electron chi connectivity index (χ3n) is 4.26. The van der Waals surface area contributed by atoms with Crippen molar-refractivity contribution in [1.82, 2.24) is 10.9 Å². The summed E-state index contributed by atoms with van der Waals surface area (Å²) in [6.45, 7) is 5.54. The summed E-state index contributed by atoms with van der Waals surface area (Å²) in [7, 11) is 0. The maximum Gasteiger partial charge on any atom is 0.279 e. The van der Waals surface area contributed by atoms with Gasteiger partial charge in [-0.05, 0) is 43.0 Å². The number of hydrogen-bond donors (Lipinski definition) is 2. The number of hydrazine groups is 1. The Kier molecular flexibility index (Phi) is 8.14. The number of carbonyl (C=O) groups excluding carboxylic acids is 2. The van der Waals surface area contributed by atoms with E-state index in [2.05, 4.69) is 24.7 Å². The van der Waals surface area contributed by atoms with E-state index in [0.29, 0.717) is 22.4 Å². The minimum Gasteiger partial charge on any atom is -0.482 e. The average Bonchev–Trinajstić information content (AvgIpc) is 2.71. The summed E-state index contributed by atoms with van der Waals surface area (Å²) >= 11 is 5.96. The predicted octanol–water partition coefficient (Wildman–Crippen LogP) is 3.85. The molecule has 7 heteroatoms. The number of hydrogen-bond acceptors (Lipinski definition) is 4. The Morgan fingerprint density at radius 3 is 2.32 bits per heavy atom. The number of amides is 2. The minimum atomic E-state index is -0.782. The van der Waals surface area contributed by atoms with Crippen molar-refractivity contribution in [2.45, 2.75) is 39.2 Å². The van der Waals surface area contributed by atoms with E-state index in [9.17, 15) is 9.59 Å². The topological polar surface area (TPSA) is 76.7 Å². The molecule has 2 atom stereocenters. The van der Waals surface area contributed by atoms with Gasteiger partial charge in [0.05, 0.1) is 5.02 Å². The second-order valence-electron chi connectivity index (χ2n) is 6.36. The SMILES string of the molecule is CCC(C)c1ccccc1OC(C)C(=O)NNC(=O)COc1ccccc1Cl. The number of halogens is 1. The highest BCUT2D eigenvalue weighted by Gasteiger charge is 2.18. The van der Waals surface area contributed by atoms with E-state index in [4.69, 9.17) is 21.1 Å². The molecule has 2 aromatic rings. The van der Waals surface area contributed by atoms with Gasteiger partial charge in [0.15, 0.2) is 12.7 Å². The Hall–Kier alpha value is -2.73. The van der Waals surface area contributed by atoms with E-state index in [0.717, 1.165) is 12.0 Å². The van der Waals surface area contributed by atoms with Gasteiger partial charge in [-0.1, -0.05) is 55.8 Å². The molecule has 0 spiro atoms. The lowest BCUT2D eigenvalue weighted by Gasteiger charge is -2.19. The van der Waals surface area contributed by atoms with Crippen LogP contribution in [0.1, 0.15) is 38.7 Å². The number of para-hydroxylation sites is 2. The van der Waals surface area contributed by atoms with E-state index in [1.165, 1.54) is 0 Å². The first-order chi connectivity index (χ1) is 13.4. The van der Waals surface area contributed by atoms with E-state index in [1.54, 1.807) is 31.2 Å². The van der Waals surface area contributed by atoms with Gasteiger partial charge >= 0.3 is 0 Å². The van der Waals surface area contributed by atoms with Crippen LogP contribution in [-0.2, 0) is 9.59 Å². The van der Waals surface area contributed by atoms with Crippen LogP contribution in [0.25, 0.3) is 0 Å². The molecule has 2 aromatic carbocycles. The second-order valence-corrected chi connectivity index (χ2v) is 6.77. The van der Waals surface area contributed by atoms with E-state index < -0.39 is 17.9 Å². The van der Waals surface area contributed by atoms with Gasteiger partial charge in [0.2, 0.25) is 0 Å². The molecular weight excluding hydrogens is 380 g/mol. The third-order valence-corrected chi connectivity index (χ3v) is 4.57. The highest BCUT2D eigenvalue weighted by Crippen LogP contribution is 2.29. The summed E-state index contributed by atoms with van der Waals surface area (Å²) in [6.07, 6.45) is 0.178. The van der Waals surface area contributed by atoms with Gasteiger partial charge in [-0.3, -0.25) is 20.4 Å². The maximum absolute atomic E-state index is 12.2. The van der Waals surface area contributed by atoms with Gasteiger partial charge < -0.3 is 9.47 Å². The highest BCUT2D eigenvalue weighted by molar-refractivity contribution is 6.32. The molecule has 0 aromatic heterocycles. The van der Waals surface area contributed by atoms with Crippen molar-refractivity contribution < 1.29 is 19.1 Å². The predicted molar refractivity (Wildman–Crippen MR) is 108 cm³/mol. The van der Waals surface area contributed by atoms with Crippen LogP contribution in [0.5, 0.6) is 11.5 Å². The quantitative estimate of drug-likeness (QED) is 0.655. The van der Waals surface area contributed by atoms with Crippen molar-refractivity contribution >= 4 is 23.4 Å². The summed E-state index contributed by atoms with van der Waals surface area (Å²) in [5, 5.41) is 0.404. The number of ether oxygens (including phenoxy) is 2. The van der Waals surface area contributed by atoms with Gasteiger partial charge in [0.25, 0.3) is 11.8 Å². The molecule has 0 saturated carbocycles. The first-order valence-electron chi connectivity index (χ1n) is 9.14. The largest absolute Gasteiger partial charge is 0.482 e. The summed E-state index contributed by atoms with van der Waals surface area (Å²) in [5.41, 5.74) is 5.68. The summed E-state index contributed by atoms with van der Waals surface area (Å²) < 4.78 is 11.1. The maximum atomic E-state index is 12.2. The molecule has 0 heterocycles. The fourth-order valence-electron chi connectivity index (χ4n) is 2.43. The van der Waals surface area contributed by atoms with Gasteiger partial charge in [-0.15, -0.1) is 0 Å². The van der Waals surface area contributed by atoms with Crippen LogP contribution < -0.4 is 20.3 Å². The molecule has 0 aliphatic carbocycles. The molecule has 0 aliphatic rings. The average molecular weight is 405 g/mol. The van der Waals surface area contributed by atoms with E-state index >= 15 is 0 Å². The van der Waals surface area contributed by atoms with Crippen molar-refractivity contribution in [2.24, 2.45) is 0 Å². The standard InChI is InChI=1S/C21H25ClN2O4/c1-4-14(2)16-9-5-7-11-18(16)28-15(3)21(26)24-23-20(25)13-27-19-12-8-6-10-17(19)22/h5-12,14-15H,4,13H2,1-3H3,(H,23,25)(H,24,26). The zero-order valence-corrected chi connectivity index (χ0v) is 17.0. The van der Waals surface area contributed by atoms with Crippen LogP contribution in [0.2, 0.25) is 5.02 Å². The van der Waals surface area contributed by atoms with Gasteiger partial charge in [0.1, 0.15) is 11.5 Å². The lowest BCUT2D eigenvalue weighted by atomic mass is 9.98. The van der Waals surface area contributed by atoms with Crippen molar-refractivity contribution in [3.63, 3.8) is 0 Å². The van der Waals surface area contributed by atoms with Crippen LogP contribution in [0, 0.1) is 0 Å². The Morgan fingerprint density at radius 1 is 1.00 bits per heavy atom. The van der Waals surface area contributed by atoms with Gasteiger partial charge in [-0.25, -0.2) is 0 Å². The van der Waals surface area contributed by atoms with Gasteiger partial charge in [0, 0.05) is 0 Å². The molecular formula is C21H25ClN2O4. The molecule has 0 radical (unpaired) electrons. The second kappa shape index (κ2) is 10.6. The van der Waals surface area contributed by atoms with Crippen LogP contribution >= 0.6 is 11.6 Å². The zero-order valence-electron chi connectivity index (χ0n) is 16.2. The first-order valence-corrected chi connectivity index (χ1v) is 9.51. The third kappa shape index (κ3) is 6.16. The van der Waals surface area contributed by atoms with Crippen LogP contribution in [-0.4, -0.2) is 24.5 Å². The number of carbonyl (C=O) groups is 2. The molecule has 2 unspecified atom stereocenters. The monoisotopic (exact) mass is 404 g/mol. The number of rotatable bonds is 8. The molecule has 0 aliphatic heterocycles. The molecule has 0 fully saturated rings. The minimum absolute atomic E-state index is 0.282. The smallest absolute Gasteiger partial charge is 0.279 e. The van der Waals surface area contributed by atoms with Crippen LogP contribution in [0.3, 0.4) is 0 Å². The van der Waals surface area contributed by atoms with Crippen molar-refractivity contribution in [1.29, 1.82) is 0 Å². The lowest BCUT2D eigenvalue weighted by molar-refractivity contribution is -0.133. The normalized spacial score (nSPS) is 12.6. The molecule has 6 nitrogen and oxygen atoms in total. The highest BCUT2D eigenvalue weighted by atomic mass is 35.5. The first kappa shape index (κ1) is 21.6. The Bertz CT molecular complexity index is 812. The molecule has 28 heavy (non-hydrogen) atoms. The van der Waals surface area contributed by atoms with Crippen molar-refractivity contribution in [3.05, 3.63) is 59.1 Å². The van der Waals surface area contributed by atoms with Crippen LogP contribution in [0.15, 0.2) is 48.5 Å². The summed E-state index contributed by atoms with van der Waals surface area (Å²) in [6, 6.07) is 14.4. The molecule has 2 amide bonds. The molecule has 2 rings (SSSR count). The summed E-state index contributed by atoms with van der Waals surface area (Å²) in [5.74, 6) is 0.385. The molecule has 2 N–H and O–H groups in total. The fourth-order valence-corrected chi connectivity index (χ4v) is 2.62. The zero-order chi connectivity index (χ0) is 20.5. The van der Waals surface area contributed by atoms with Crippen molar-refractivity contribution in [2.75, 3.05) is 6.61 Å². The lowest BCUT2D eigenvalue weighted by Crippen LogP contribution is -2.48. The van der Waals surface area contributed by atoms with Gasteiger partial charge in [-0.2, -0.15) is 0 Å². The molecule has 0 bridgehead atoms. The molecule has 0 saturated heterocycles. The number of benzene rings is 2. The summed E-state index contributed by atoms with van der Waals surface area (Å²) in [4.78, 5) is 24.1. The molecule has 150 valence electrons. The van der Waals surface area contributed by atoms with Crippen molar-refractivity contribution in [3.8, 4) is 11.5 Å². The number of nitrogens with one attached hydrogen (secondary N) is 2. The van der Waals surface area contributed by atoms with Crippen LogP contribution in [0.4, 0.5) is 0 Å². The Morgan fingerprint density at radius 2 is 1.64 bits per heavy atom. The fraction of sp³-hybridized carbons (Fsp3) is 0.333. The Balaban J connectivity index is 1.83. The Labute approximate surface area is 170 Å².